The molecular formula is C23H13ClN4O3. The van der Waals surface area contributed by atoms with E-state index in [4.69, 9.17) is 11.6 Å². The fourth-order valence-corrected chi connectivity index (χ4v) is 3.54. The summed E-state index contributed by atoms with van der Waals surface area (Å²) in [6, 6.07) is 20.1. The maximum absolute atomic E-state index is 12.9. The van der Waals surface area contributed by atoms with E-state index in [0.29, 0.717) is 33.0 Å². The molecule has 0 radical (unpaired) electrons. The number of nitrogens with zero attached hydrogens (tertiary/aromatic N) is 3. The number of amides is 3. The van der Waals surface area contributed by atoms with Gasteiger partial charge in [0.1, 0.15) is 0 Å². The third-order valence-corrected chi connectivity index (χ3v) is 5.22. The summed E-state index contributed by atoms with van der Waals surface area (Å²) in [5.41, 5.74) is 2.28. The first-order chi connectivity index (χ1) is 15.0. The second-order valence-electron chi connectivity index (χ2n) is 6.84. The molecule has 1 aromatic heterocycles. The molecule has 0 fully saturated rings. The number of anilines is 2. The Balaban J connectivity index is 1.42. The molecule has 7 nitrogen and oxygen atoms in total. The molecule has 4 aromatic rings. The van der Waals surface area contributed by atoms with Gasteiger partial charge in [-0.3, -0.25) is 14.4 Å². The lowest BCUT2D eigenvalue weighted by Gasteiger charge is -2.14. The number of fused-ring (bicyclic) bond motifs is 2. The van der Waals surface area contributed by atoms with Crippen molar-refractivity contribution < 1.29 is 14.4 Å². The van der Waals surface area contributed by atoms with E-state index in [9.17, 15) is 14.4 Å². The smallest absolute Gasteiger partial charge is 0.286 e. The monoisotopic (exact) mass is 428 g/mol. The molecule has 150 valence electrons. The highest BCUT2D eigenvalue weighted by Gasteiger charge is 2.40. The van der Waals surface area contributed by atoms with E-state index in [2.05, 4.69) is 15.3 Å². The summed E-state index contributed by atoms with van der Waals surface area (Å²) in [5.74, 6) is -1.46. The number of imide groups is 1. The molecule has 5 rings (SSSR count). The van der Waals surface area contributed by atoms with Crippen LogP contribution in [0.25, 0.3) is 11.0 Å². The number of benzene rings is 3. The van der Waals surface area contributed by atoms with Crippen LogP contribution in [-0.4, -0.2) is 27.7 Å². The Morgan fingerprint density at radius 3 is 1.90 bits per heavy atom. The van der Waals surface area contributed by atoms with Crippen LogP contribution in [0.2, 0.25) is 5.02 Å². The van der Waals surface area contributed by atoms with Gasteiger partial charge in [-0.1, -0.05) is 35.9 Å². The predicted molar refractivity (Wildman–Crippen MR) is 117 cm³/mol. The first-order valence-corrected chi connectivity index (χ1v) is 9.72. The summed E-state index contributed by atoms with van der Waals surface area (Å²) in [7, 11) is 0. The van der Waals surface area contributed by atoms with Crippen molar-refractivity contribution >= 4 is 51.7 Å². The molecule has 3 aromatic carbocycles. The fraction of sp³-hybridized carbons (Fsp3) is 0. The first-order valence-electron chi connectivity index (χ1n) is 9.34. The summed E-state index contributed by atoms with van der Waals surface area (Å²) in [5, 5.41) is 3.15. The van der Waals surface area contributed by atoms with E-state index >= 15 is 0 Å². The van der Waals surface area contributed by atoms with Gasteiger partial charge in [-0.05, 0) is 48.5 Å². The van der Waals surface area contributed by atoms with Crippen LogP contribution >= 0.6 is 11.6 Å². The number of rotatable bonds is 3. The molecule has 0 saturated heterocycles. The van der Waals surface area contributed by atoms with Gasteiger partial charge in [0.2, 0.25) is 0 Å². The summed E-state index contributed by atoms with van der Waals surface area (Å²) in [6.45, 7) is 0. The Bertz CT molecular complexity index is 1330. The van der Waals surface area contributed by atoms with Crippen molar-refractivity contribution in [2.45, 2.75) is 0 Å². The van der Waals surface area contributed by atoms with E-state index in [0.717, 1.165) is 4.90 Å². The Labute approximate surface area is 181 Å². The Morgan fingerprint density at radius 1 is 0.774 bits per heavy atom. The van der Waals surface area contributed by atoms with E-state index < -0.39 is 11.8 Å². The predicted octanol–water partition coefficient (Wildman–Crippen LogP) is 4.34. The van der Waals surface area contributed by atoms with Crippen molar-refractivity contribution in [2.24, 2.45) is 0 Å². The molecule has 0 bridgehead atoms. The molecule has 0 spiro atoms. The molecule has 0 saturated carbocycles. The van der Waals surface area contributed by atoms with Crippen LogP contribution in [0.4, 0.5) is 11.4 Å². The van der Waals surface area contributed by atoms with Gasteiger partial charge >= 0.3 is 0 Å². The molecule has 0 atom stereocenters. The molecule has 0 unspecified atom stereocenters. The van der Waals surface area contributed by atoms with Gasteiger partial charge in [-0.2, -0.15) is 0 Å². The fourth-order valence-electron chi connectivity index (χ4n) is 3.36. The highest BCUT2D eigenvalue weighted by Crippen LogP contribution is 2.28. The van der Waals surface area contributed by atoms with Crippen LogP contribution in [0, 0.1) is 0 Å². The zero-order valence-corrected chi connectivity index (χ0v) is 16.6. The molecule has 1 aliphatic rings. The number of halogens is 1. The van der Waals surface area contributed by atoms with E-state index in [-0.39, 0.29) is 17.3 Å². The van der Waals surface area contributed by atoms with Gasteiger partial charge in [0.15, 0.2) is 11.4 Å². The van der Waals surface area contributed by atoms with Gasteiger partial charge in [0.25, 0.3) is 17.7 Å². The second-order valence-corrected chi connectivity index (χ2v) is 7.24. The quantitative estimate of drug-likeness (QED) is 0.490. The van der Waals surface area contributed by atoms with Crippen LogP contribution in [-0.2, 0) is 0 Å². The van der Waals surface area contributed by atoms with Gasteiger partial charge in [0.05, 0.1) is 27.4 Å². The highest BCUT2D eigenvalue weighted by molar-refractivity contribution is 6.34. The topological polar surface area (TPSA) is 92.3 Å². The Morgan fingerprint density at radius 2 is 1.32 bits per heavy atom. The Hall–Kier alpha value is -4.10. The average Bonchev–Trinajstić information content (AvgIpc) is 3.03. The molecule has 3 amide bonds. The number of carbonyl (C=O) groups is 3. The molecule has 1 N–H and O–H groups in total. The average molecular weight is 429 g/mol. The minimum Gasteiger partial charge on any atom is -0.321 e. The van der Waals surface area contributed by atoms with Crippen molar-refractivity contribution in [1.82, 2.24) is 9.97 Å². The van der Waals surface area contributed by atoms with Gasteiger partial charge in [0, 0.05) is 5.56 Å². The third-order valence-electron chi connectivity index (χ3n) is 4.89. The maximum Gasteiger partial charge on any atom is 0.286 e. The van der Waals surface area contributed by atoms with Gasteiger partial charge in [-0.15, -0.1) is 0 Å². The molecule has 0 aliphatic carbocycles. The molecule has 2 heterocycles. The van der Waals surface area contributed by atoms with Crippen LogP contribution in [0.15, 0.2) is 72.8 Å². The molecular weight excluding hydrogens is 416 g/mol. The number of aromatic nitrogens is 2. The third kappa shape index (κ3) is 3.21. The molecule has 1 aliphatic heterocycles. The Kier molecular flexibility index (Phi) is 4.45. The number of hydrogen-bond acceptors (Lipinski definition) is 5. The van der Waals surface area contributed by atoms with Crippen LogP contribution in [0.1, 0.15) is 31.3 Å². The van der Waals surface area contributed by atoms with Crippen molar-refractivity contribution in [3.8, 4) is 0 Å². The minimum atomic E-state index is -0.550. The summed E-state index contributed by atoms with van der Waals surface area (Å²) in [6.07, 6.45) is 0. The SMILES string of the molecule is O=C(Nc1ccccc1Cl)c1ccc(N2C(=O)c3nc4ccccc4nc3C2=O)cc1. The van der Waals surface area contributed by atoms with Crippen molar-refractivity contribution in [3.05, 3.63) is 94.8 Å². The maximum atomic E-state index is 12.9. The first kappa shape index (κ1) is 18.9. The van der Waals surface area contributed by atoms with Crippen LogP contribution in [0.3, 0.4) is 0 Å². The summed E-state index contributed by atoms with van der Waals surface area (Å²) in [4.78, 5) is 47.9. The number of carbonyl (C=O) groups excluding carboxylic acids is 3. The standard InChI is InChI=1S/C23H13ClN4O3/c24-15-5-1-2-6-16(15)27-21(29)13-9-11-14(12-10-13)28-22(30)19-20(23(28)31)26-18-8-4-3-7-17(18)25-19/h1-12H,(H,27,29). The van der Waals surface area contributed by atoms with Gasteiger partial charge in [-0.25, -0.2) is 14.9 Å². The lowest BCUT2D eigenvalue weighted by atomic mass is 10.1. The number of nitrogens with one attached hydrogen (secondary N) is 1. The minimum absolute atomic E-state index is 0.0178. The van der Waals surface area contributed by atoms with Crippen LogP contribution in [0.5, 0.6) is 0 Å². The number of para-hydroxylation sites is 3. The summed E-state index contributed by atoms with van der Waals surface area (Å²) < 4.78 is 0. The van der Waals surface area contributed by atoms with Crippen molar-refractivity contribution in [3.63, 3.8) is 0 Å². The zero-order chi connectivity index (χ0) is 21.5. The van der Waals surface area contributed by atoms with E-state index in [1.165, 1.54) is 24.3 Å². The highest BCUT2D eigenvalue weighted by atomic mass is 35.5. The number of hydrogen-bond donors (Lipinski definition) is 1. The second kappa shape index (κ2) is 7.30. The summed E-state index contributed by atoms with van der Waals surface area (Å²) >= 11 is 6.07. The van der Waals surface area contributed by atoms with Gasteiger partial charge < -0.3 is 5.32 Å². The molecule has 31 heavy (non-hydrogen) atoms. The van der Waals surface area contributed by atoms with Crippen molar-refractivity contribution in [1.29, 1.82) is 0 Å². The normalized spacial score (nSPS) is 12.9. The lowest BCUT2D eigenvalue weighted by molar-refractivity contribution is 0.0922. The lowest BCUT2D eigenvalue weighted by Crippen LogP contribution is -2.29. The van der Waals surface area contributed by atoms with Crippen LogP contribution < -0.4 is 10.2 Å². The van der Waals surface area contributed by atoms with Crippen molar-refractivity contribution in [2.75, 3.05) is 10.2 Å². The largest absolute Gasteiger partial charge is 0.321 e. The molecule has 8 heteroatoms. The van der Waals surface area contributed by atoms with E-state index in [1.54, 1.807) is 48.5 Å². The van der Waals surface area contributed by atoms with E-state index in [1.807, 2.05) is 0 Å². The zero-order valence-electron chi connectivity index (χ0n) is 15.9.